The number of rotatable bonds is 10. The van der Waals surface area contributed by atoms with Crippen LogP contribution in [-0.4, -0.2) is 42.8 Å². The van der Waals surface area contributed by atoms with Crippen molar-refractivity contribution >= 4 is 17.6 Å². The first kappa shape index (κ1) is 20.3. The van der Waals surface area contributed by atoms with Gasteiger partial charge in [-0.2, -0.15) is 0 Å². The quantitative estimate of drug-likeness (QED) is 0.435. The summed E-state index contributed by atoms with van der Waals surface area (Å²) in [6, 6.07) is 14.0. The van der Waals surface area contributed by atoms with Crippen molar-refractivity contribution in [3.05, 3.63) is 59.7 Å². The Morgan fingerprint density at radius 3 is 2.48 bits per heavy atom. The van der Waals surface area contributed by atoms with Gasteiger partial charge < -0.3 is 25.6 Å². The highest BCUT2D eigenvalue weighted by molar-refractivity contribution is 5.99. The van der Waals surface area contributed by atoms with Crippen molar-refractivity contribution in [2.24, 2.45) is 0 Å². The molecule has 7 nitrogen and oxygen atoms in total. The molecule has 0 heterocycles. The average molecular weight is 372 g/mol. The Bertz CT molecular complexity index is 761. The minimum atomic E-state index is -0.980. The van der Waals surface area contributed by atoms with E-state index in [1.807, 2.05) is 0 Å². The summed E-state index contributed by atoms with van der Waals surface area (Å²) in [6.07, 6.45) is -0.569. The second kappa shape index (κ2) is 10.2. The minimum Gasteiger partial charge on any atom is -0.492 e. The Balaban J connectivity index is 1.77. The summed E-state index contributed by atoms with van der Waals surface area (Å²) in [4.78, 5) is 23.1. The van der Waals surface area contributed by atoms with Crippen LogP contribution in [0.1, 0.15) is 22.8 Å². The predicted octanol–water partition coefficient (Wildman–Crippen LogP) is 2.11. The number of nitrogens with one attached hydrogen (secondary N) is 1. The number of hydrogen-bond donors (Lipinski definition) is 3. The zero-order valence-corrected chi connectivity index (χ0v) is 15.2. The van der Waals surface area contributed by atoms with Gasteiger partial charge >= 0.3 is 5.97 Å². The van der Waals surface area contributed by atoms with Gasteiger partial charge in [-0.15, -0.1) is 0 Å². The summed E-state index contributed by atoms with van der Waals surface area (Å²) in [7, 11) is 0. The molecular formula is C20H24N2O5. The van der Waals surface area contributed by atoms with E-state index in [0.717, 1.165) is 5.56 Å². The number of carboxylic acid groups (broad SMARTS) is 1. The smallest absolute Gasteiger partial charge is 0.333 e. The fourth-order valence-corrected chi connectivity index (χ4v) is 2.49. The third-order valence-electron chi connectivity index (χ3n) is 3.85. The van der Waals surface area contributed by atoms with Crippen LogP contribution in [-0.2, 0) is 16.0 Å². The SMILES string of the molecule is CCOC(Cc1ccc(OCCNC(=O)c2ccccc2N)cc1)C(=O)O. The largest absolute Gasteiger partial charge is 0.492 e. The molecule has 4 N–H and O–H groups in total. The molecule has 2 aromatic carbocycles. The molecule has 0 aliphatic carbocycles. The summed E-state index contributed by atoms with van der Waals surface area (Å²) in [5.41, 5.74) is 7.47. The number of ether oxygens (including phenoxy) is 2. The molecule has 0 saturated carbocycles. The first-order valence-electron chi connectivity index (χ1n) is 8.70. The highest BCUT2D eigenvalue weighted by Gasteiger charge is 2.17. The van der Waals surface area contributed by atoms with Crippen LogP contribution < -0.4 is 15.8 Å². The van der Waals surface area contributed by atoms with Gasteiger partial charge in [0.25, 0.3) is 5.91 Å². The summed E-state index contributed by atoms with van der Waals surface area (Å²) >= 11 is 0. The summed E-state index contributed by atoms with van der Waals surface area (Å²) in [6.45, 7) is 2.74. The molecule has 2 aromatic rings. The van der Waals surface area contributed by atoms with Crippen LogP contribution in [0.3, 0.4) is 0 Å². The fraction of sp³-hybridized carbons (Fsp3) is 0.300. The Morgan fingerprint density at radius 1 is 1.15 bits per heavy atom. The van der Waals surface area contributed by atoms with E-state index in [4.69, 9.17) is 20.3 Å². The molecule has 27 heavy (non-hydrogen) atoms. The number of para-hydroxylation sites is 1. The summed E-state index contributed by atoms with van der Waals surface area (Å²) in [5, 5.41) is 11.9. The monoisotopic (exact) mass is 372 g/mol. The number of carboxylic acids is 1. The number of amides is 1. The van der Waals surface area contributed by atoms with Gasteiger partial charge in [-0.05, 0) is 36.8 Å². The van der Waals surface area contributed by atoms with E-state index < -0.39 is 12.1 Å². The van der Waals surface area contributed by atoms with Gasteiger partial charge in [0.15, 0.2) is 6.10 Å². The van der Waals surface area contributed by atoms with Gasteiger partial charge in [-0.3, -0.25) is 4.79 Å². The highest BCUT2D eigenvalue weighted by Crippen LogP contribution is 2.14. The lowest BCUT2D eigenvalue weighted by Crippen LogP contribution is -2.28. The number of nitrogens with two attached hydrogens (primary N) is 1. The molecule has 7 heteroatoms. The number of nitrogen functional groups attached to an aromatic ring is 1. The van der Waals surface area contributed by atoms with E-state index in [-0.39, 0.29) is 12.3 Å². The Hall–Kier alpha value is -3.06. The van der Waals surface area contributed by atoms with Crippen LogP contribution in [0.5, 0.6) is 5.75 Å². The number of carbonyl (C=O) groups is 2. The first-order valence-corrected chi connectivity index (χ1v) is 8.70. The molecule has 0 bridgehead atoms. The Morgan fingerprint density at radius 2 is 1.85 bits per heavy atom. The van der Waals surface area contributed by atoms with Crippen molar-refractivity contribution < 1.29 is 24.2 Å². The number of benzene rings is 2. The third-order valence-corrected chi connectivity index (χ3v) is 3.85. The number of aliphatic carboxylic acids is 1. The number of carbonyl (C=O) groups excluding carboxylic acids is 1. The van der Waals surface area contributed by atoms with E-state index in [2.05, 4.69) is 5.32 Å². The first-order chi connectivity index (χ1) is 13.0. The zero-order valence-electron chi connectivity index (χ0n) is 15.2. The Kier molecular flexibility index (Phi) is 7.63. The van der Waals surface area contributed by atoms with E-state index >= 15 is 0 Å². The molecule has 1 atom stereocenters. The van der Waals surface area contributed by atoms with Crippen molar-refractivity contribution in [2.75, 3.05) is 25.5 Å². The van der Waals surface area contributed by atoms with Crippen LogP contribution >= 0.6 is 0 Å². The highest BCUT2D eigenvalue weighted by atomic mass is 16.5. The molecule has 0 aromatic heterocycles. The van der Waals surface area contributed by atoms with E-state index in [9.17, 15) is 9.59 Å². The van der Waals surface area contributed by atoms with E-state index in [1.54, 1.807) is 55.5 Å². The molecular weight excluding hydrogens is 348 g/mol. The molecule has 0 radical (unpaired) electrons. The Labute approximate surface area is 158 Å². The minimum absolute atomic E-state index is 0.248. The van der Waals surface area contributed by atoms with Crippen LogP contribution in [0, 0.1) is 0 Å². The molecule has 0 aliphatic rings. The lowest BCUT2D eigenvalue weighted by atomic mass is 10.1. The lowest BCUT2D eigenvalue weighted by Gasteiger charge is -2.13. The van der Waals surface area contributed by atoms with Crippen LogP contribution in [0.2, 0.25) is 0 Å². The number of anilines is 1. The van der Waals surface area contributed by atoms with Crippen LogP contribution in [0.25, 0.3) is 0 Å². The maximum Gasteiger partial charge on any atom is 0.333 e. The van der Waals surface area contributed by atoms with Crippen LogP contribution in [0.15, 0.2) is 48.5 Å². The molecule has 0 fully saturated rings. The number of hydrogen-bond acceptors (Lipinski definition) is 5. The normalized spacial score (nSPS) is 11.6. The predicted molar refractivity (Wildman–Crippen MR) is 102 cm³/mol. The molecule has 2 rings (SSSR count). The van der Waals surface area contributed by atoms with Crippen molar-refractivity contribution in [2.45, 2.75) is 19.4 Å². The topological polar surface area (TPSA) is 111 Å². The summed E-state index contributed by atoms with van der Waals surface area (Å²) < 4.78 is 10.8. The van der Waals surface area contributed by atoms with Gasteiger partial charge in [0.1, 0.15) is 12.4 Å². The maximum absolute atomic E-state index is 12.0. The van der Waals surface area contributed by atoms with Crippen LogP contribution in [0.4, 0.5) is 5.69 Å². The zero-order chi connectivity index (χ0) is 19.6. The second-order valence-corrected chi connectivity index (χ2v) is 5.82. The molecule has 0 saturated heterocycles. The lowest BCUT2D eigenvalue weighted by molar-refractivity contribution is -0.149. The van der Waals surface area contributed by atoms with E-state index in [0.29, 0.717) is 36.8 Å². The second-order valence-electron chi connectivity index (χ2n) is 5.82. The van der Waals surface area contributed by atoms with E-state index in [1.165, 1.54) is 0 Å². The maximum atomic E-state index is 12.0. The van der Waals surface area contributed by atoms with Crippen molar-refractivity contribution in [3.8, 4) is 5.75 Å². The average Bonchev–Trinajstić information content (AvgIpc) is 2.66. The molecule has 0 aliphatic heterocycles. The fourth-order valence-electron chi connectivity index (χ4n) is 2.49. The van der Waals surface area contributed by atoms with Gasteiger partial charge in [0.2, 0.25) is 0 Å². The van der Waals surface area contributed by atoms with Crippen molar-refractivity contribution in [1.82, 2.24) is 5.32 Å². The third kappa shape index (κ3) is 6.31. The van der Waals surface area contributed by atoms with Gasteiger partial charge in [-0.25, -0.2) is 4.79 Å². The molecule has 144 valence electrons. The van der Waals surface area contributed by atoms with Crippen molar-refractivity contribution in [1.29, 1.82) is 0 Å². The molecule has 1 unspecified atom stereocenters. The van der Waals surface area contributed by atoms with Gasteiger partial charge in [0, 0.05) is 18.7 Å². The van der Waals surface area contributed by atoms with Gasteiger partial charge in [-0.1, -0.05) is 24.3 Å². The molecule has 1 amide bonds. The van der Waals surface area contributed by atoms with Gasteiger partial charge in [0.05, 0.1) is 12.1 Å². The molecule has 0 spiro atoms. The summed E-state index contributed by atoms with van der Waals surface area (Å²) in [5.74, 6) is -0.592. The standard InChI is InChI=1S/C20H24N2O5/c1-2-26-18(20(24)25)13-14-7-9-15(10-8-14)27-12-11-22-19(23)16-5-3-4-6-17(16)21/h3-10,18H,2,11-13,21H2,1H3,(H,22,23)(H,24,25). The van der Waals surface area contributed by atoms with Crippen molar-refractivity contribution in [3.63, 3.8) is 0 Å².